The fourth-order valence-electron chi connectivity index (χ4n) is 7.45. The number of rotatable bonds is 16. The fraction of sp³-hybridized carbons (Fsp3) is 0.312. The van der Waals surface area contributed by atoms with Crippen LogP contribution in [0, 0.1) is 0 Å². The van der Waals surface area contributed by atoms with E-state index in [9.17, 15) is 9.59 Å². The molecule has 7 rings (SSSR count). The van der Waals surface area contributed by atoms with E-state index >= 15 is 0 Å². The standard InChI is InChI=1S/C48H54N6O4.2H2S/c1-37(52(31-39-17-7-3-8-18-39)32-40-19-9-4-10-20-40)35-57-47(55)51-29-27-43(28-30-51)49-46-50-44-25-15-16-26-45(44)54(46)48(56)58-36-38(2)53(33-41-21-11-5-12-22-41)34-42-23-13-6-14-24-42;;/h3-26,37-38,43H,27-36H2,1-2H3,(H,49,50);2*1H2/t37-,38-;;/m0../s1. The number of hydrogen-bond donors (Lipinski definition) is 1. The number of hydrogen-bond acceptors (Lipinski definition) is 8. The molecule has 1 aliphatic rings. The lowest BCUT2D eigenvalue weighted by molar-refractivity contribution is 0.0595. The lowest BCUT2D eigenvalue weighted by Crippen LogP contribution is -2.44. The lowest BCUT2D eigenvalue weighted by atomic mass is 10.1. The molecule has 1 aliphatic heterocycles. The molecule has 0 spiro atoms. The lowest BCUT2D eigenvalue weighted by Gasteiger charge is -2.33. The van der Waals surface area contributed by atoms with Crippen LogP contribution < -0.4 is 5.32 Å². The molecule has 60 heavy (non-hydrogen) atoms. The molecule has 1 N–H and O–H groups in total. The normalized spacial score (nSPS) is 13.9. The van der Waals surface area contributed by atoms with Gasteiger partial charge in [-0.3, -0.25) is 9.80 Å². The summed E-state index contributed by atoms with van der Waals surface area (Å²) in [4.78, 5) is 38.5. The Bertz CT molecular complexity index is 2110. The molecule has 2 heterocycles. The number of carbonyl (C=O) groups excluding carboxylic acids is 2. The minimum Gasteiger partial charge on any atom is -0.448 e. The highest BCUT2D eigenvalue weighted by Gasteiger charge is 2.28. The number of nitrogens with one attached hydrogen (secondary N) is 1. The molecule has 10 nitrogen and oxygen atoms in total. The van der Waals surface area contributed by atoms with Gasteiger partial charge in [-0.15, -0.1) is 0 Å². The average Bonchev–Trinajstić information content (AvgIpc) is 3.63. The van der Waals surface area contributed by atoms with Crippen molar-refractivity contribution in [1.82, 2.24) is 24.3 Å². The molecule has 5 aromatic carbocycles. The van der Waals surface area contributed by atoms with Crippen LogP contribution >= 0.6 is 27.0 Å². The van der Waals surface area contributed by atoms with E-state index in [0.29, 0.717) is 42.9 Å². The van der Waals surface area contributed by atoms with E-state index < -0.39 is 6.09 Å². The summed E-state index contributed by atoms with van der Waals surface area (Å²) in [6, 6.07) is 49.0. The quantitative estimate of drug-likeness (QED) is 0.103. The largest absolute Gasteiger partial charge is 0.448 e. The monoisotopic (exact) mass is 846 g/mol. The summed E-state index contributed by atoms with van der Waals surface area (Å²) in [5.74, 6) is 0.441. The van der Waals surface area contributed by atoms with Crippen molar-refractivity contribution in [3.05, 3.63) is 168 Å². The molecule has 1 fully saturated rings. The van der Waals surface area contributed by atoms with Gasteiger partial charge in [0, 0.05) is 57.4 Å². The maximum atomic E-state index is 13.9. The predicted molar refractivity (Wildman–Crippen MR) is 250 cm³/mol. The zero-order valence-electron chi connectivity index (χ0n) is 34.5. The average molecular weight is 847 g/mol. The molecule has 0 aliphatic carbocycles. The van der Waals surface area contributed by atoms with Crippen molar-refractivity contribution < 1.29 is 19.1 Å². The number of imidazole rings is 1. The number of amides is 1. The number of likely N-dealkylation sites (tertiary alicyclic amines) is 1. The van der Waals surface area contributed by atoms with E-state index in [-0.39, 0.29) is 64.4 Å². The van der Waals surface area contributed by atoms with Crippen molar-refractivity contribution in [2.24, 2.45) is 0 Å². The van der Waals surface area contributed by atoms with Gasteiger partial charge in [-0.1, -0.05) is 133 Å². The number of nitrogens with zero attached hydrogens (tertiary/aromatic N) is 5. The van der Waals surface area contributed by atoms with E-state index in [4.69, 9.17) is 14.5 Å². The van der Waals surface area contributed by atoms with Gasteiger partial charge in [-0.05, 0) is 61.1 Å². The van der Waals surface area contributed by atoms with Crippen LogP contribution in [0.3, 0.4) is 0 Å². The van der Waals surface area contributed by atoms with Gasteiger partial charge in [0.15, 0.2) is 0 Å². The van der Waals surface area contributed by atoms with E-state index in [1.165, 1.54) is 22.3 Å². The third kappa shape index (κ3) is 12.6. The SMILES string of the molecule is C[C@@H](COC(=O)N1CCC(Nc2nc3ccccc3n2C(=O)OC[C@H](C)N(Cc2ccccc2)Cc2ccccc2)CC1)N(Cc1ccccc1)Cc1ccccc1.S.S. The van der Waals surface area contributed by atoms with E-state index in [0.717, 1.165) is 26.2 Å². The molecule has 6 aromatic rings. The highest BCUT2D eigenvalue weighted by atomic mass is 32.1. The number of fused-ring (bicyclic) bond motifs is 1. The number of carbonyl (C=O) groups is 2. The van der Waals surface area contributed by atoms with Gasteiger partial charge in [0.25, 0.3) is 0 Å². The van der Waals surface area contributed by atoms with Gasteiger partial charge >= 0.3 is 12.2 Å². The number of para-hydroxylation sites is 2. The topological polar surface area (TPSA) is 92.2 Å². The number of ether oxygens (including phenoxy) is 2. The number of benzene rings is 5. The summed E-state index contributed by atoms with van der Waals surface area (Å²) < 4.78 is 13.5. The number of aromatic nitrogens is 2. The maximum absolute atomic E-state index is 13.9. The smallest absolute Gasteiger partial charge is 0.421 e. The van der Waals surface area contributed by atoms with Crippen molar-refractivity contribution in [1.29, 1.82) is 0 Å². The van der Waals surface area contributed by atoms with Crippen molar-refractivity contribution in [2.45, 2.75) is 71.0 Å². The van der Waals surface area contributed by atoms with Crippen LogP contribution in [0.1, 0.15) is 48.9 Å². The fourth-order valence-corrected chi connectivity index (χ4v) is 7.45. The minimum absolute atomic E-state index is 0. The molecule has 316 valence electrons. The Labute approximate surface area is 368 Å². The zero-order chi connectivity index (χ0) is 40.1. The van der Waals surface area contributed by atoms with Gasteiger partial charge in [-0.2, -0.15) is 27.0 Å². The molecule has 1 saturated heterocycles. The second kappa shape index (κ2) is 22.9. The molecular formula is C48H58N6O4S2. The number of anilines is 1. The summed E-state index contributed by atoms with van der Waals surface area (Å²) in [6.45, 7) is 8.72. The Kier molecular flexibility index (Phi) is 17.5. The Morgan fingerprint density at radius 1 is 0.600 bits per heavy atom. The number of piperidine rings is 1. The highest BCUT2D eigenvalue weighted by molar-refractivity contribution is 7.59. The van der Waals surface area contributed by atoms with Crippen molar-refractivity contribution in [2.75, 3.05) is 31.6 Å². The predicted octanol–water partition coefficient (Wildman–Crippen LogP) is 9.44. The summed E-state index contributed by atoms with van der Waals surface area (Å²) in [5.41, 5.74) is 6.20. The Morgan fingerprint density at radius 2 is 0.983 bits per heavy atom. The summed E-state index contributed by atoms with van der Waals surface area (Å²) >= 11 is 0. The zero-order valence-corrected chi connectivity index (χ0v) is 36.5. The van der Waals surface area contributed by atoms with Crippen LogP contribution in [0.15, 0.2) is 146 Å². The highest BCUT2D eigenvalue weighted by Crippen LogP contribution is 2.24. The van der Waals surface area contributed by atoms with Crippen LogP contribution in [-0.4, -0.2) is 80.9 Å². The van der Waals surface area contributed by atoms with Crippen LogP contribution in [0.4, 0.5) is 15.5 Å². The molecule has 0 unspecified atom stereocenters. The summed E-state index contributed by atoms with van der Waals surface area (Å²) in [6.07, 6.45) is 0.582. The minimum atomic E-state index is -0.480. The first-order valence-corrected chi connectivity index (χ1v) is 20.4. The Hall–Kier alpha value is -5.27. The van der Waals surface area contributed by atoms with Crippen molar-refractivity contribution in [3.8, 4) is 0 Å². The molecule has 2 atom stereocenters. The third-order valence-electron chi connectivity index (χ3n) is 10.9. The first-order valence-electron chi connectivity index (χ1n) is 20.4. The summed E-state index contributed by atoms with van der Waals surface area (Å²) in [7, 11) is 0. The molecule has 1 aromatic heterocycles. The second-order valence-corrected chi connectivity index (χ2v) is 15.3. The van der Waals surface area contributed by atoms with Crippen molar-refractivity contribution in [3.63, 3.8) is 0 Å². The van der Waals surface area contributed by atoms with Gasteiger partial charge in [0.05, 0.1) is 11.0 Å². The van der Waals surface area contributed by atoms with Crippen LogP contribution in [0.5, 0.6) is 0 Å². The van der Waals surface area contributed by atoms with E-state index in [2.05, 4.69) is 102 Å². The maximum Gasteiger partial charge on any atom is 0.421 e. The summed E-state index contributed by atoms with van der Waals surface area (Å²) in [5, 5.41) is 3.52. The molecule has 1 amide bonds. The van der Waals surface area contributed by atoms with Gasteiger partial charge in [-0.25, -0.2) is 19.1 Å². The van der Waals surface area contributed by atoms with Crippen molar-refractivity contribution >= 4 is 56.2 Å². The molecule has 12 heteroatoms. The second-order valence-electron chi connectivity index (χ2n) is 15.3. The van der Waals surface area contributed by atoms with Gasteiger partial charge < -0.3 is 19.7 Å². The van der Waals surface area contributed by atoms with Crippen LogP contribution in [0.25, 0.3) is 11.0 Å². The van der Waals surface area contributed by atoms with Gasteiger partial charge in [0.2, 0.25) is 5.95 Å². The first-order chi connectivity index (χ1) is 28.4. The van der Waals surface area contributed by atoms with Crippen LogP contribution in [0.2, 0.25) is 0 Å². The first kappa shape index (κ1) is 45.8. The molecule has 0 bridgehead atoms. The van der Waals surface area contributed by atoms with Gasteiger partial charge in [0.1, 0.15) is 13.2 Å². The van der Waals surface area contributed by atoms with E-state index in [1.807, 2.05) is 72.8 Å². The third-order valence-corrected chi connectivity index (χ3v) is 10.9. The Balaban J connectivity index is 0.00000341. The Morgan fingerprint density at radius 3 is 1.42 bits per heavy atom. The molecular weight excluding hydrogens is 789 g/mol. The molecule has 0 saturated carbocycles. The molecule has 0 radical (unpaired) electrons. The van der Waals surface area contributed by atoms with Crippen LogP contribution in [-0.2, 0) is 35.7 Å². The van der Waals surface area contributed by atoms with E-state index in [1.54, 1.807) is 9.47 Å².